The quantitative estimate of drug-likeness (QED) is 0.308. The van der Waals surface area contributed by atoms with E-state index in [-0.39, 0.29) is 34.0 Å². The average Bonchev–Trinajstić information content (AvgIpc) is 1.65. The van der Waals surface area contributed by atoms with Crippen LogP contribution in [0.2, 0.25) is 0 Å². The van der Waals surface area contributed by atoms with Crippen molar-refractivity contribution >= 4 is 21.9 Å². The van der Waals surface area contributed by atoms with Crippen molar-refractivity contribution < 1.29 is 40.8 Å². The van der Waals surface area contributed by atoms with Gasteiger partial charge in [0.1, 0.15) is 0 Å². The molecule has 0 aromatic carbocycles. The van der Waals surface area contributed by atoms with Gasteiger partial charge in [-0.05, 0) is 15.9 Å². The normalized spacial score (nSPS) is 11.6. The number of halogens is 1. The Morgan fingerprint density at radius 1 is 2.00 bits per heavy atom. The first-order valence-electron chi connectivity index (χ1n) is 1.71. The Morgan fingerprint density at radius 2 is 2.43 bits per heavy atom. The maximum absolute atomic E-state index is 9.58. The van der Waals surface area contributed by atoms with Crippen molar-refractivity contribution in [2.45, 2.75) is 0 Å². The first-order valence-corrected chi connectivity index (χ1v) is 1.93. The van der Waals surface area contributed by atoms with E-state index in [0.29, 0.717) is 6.55 Å². The van der Waals surface area contributed by atoms with Crippen LogP contribution >= 0.6 is 15.9 Å². The Bertz CT molecular complexity index is 114. The number of hydrogen-bond donors (Lipinski definition) is 0. The molecular weight excluding hydrogens is 171 g/mol. The molecule has 0 bridgehead atoms. The molecule has 0 amide bonds. The molecule has 0 atom stereocenters. The predicted octanol–water partition coefficient (Wildman–Crippen LogP) is -3.35. The molecule has 0 unspecified atom stereocenters. The molecule has 2 nitrogen and oxygen atoms in total. The summed E-state index contributed by atoms with van der Waals surface area (Å²) >= 11 is 2.55. The number of carboxylic acid groups (broad SMARTS) is 1. The van der Waals surface area contributed by atoms with Crippen LogP contribution in [0, 0.1) is 0 Å². The van der Waals surface area contributed by atoms with Gasteiger partial charge in [-0.1, -0.05) is 6.55 Å². The van der Waals surface area contributed by atoms with Crippen LogP contribution in [0.25, 0.3) is 0 Å². The Kier molecular flexibility index (Phi) is 5.32. The summed E-state index contributed by atoms with van der Waals surface area (Å²) in [6.07, 6.45) is 0. The molecule has 4 heteroatoms. The van der Waals surface area contributed by atoms with Gasteiger partial charge < -0.3 is 9.90 Å². The fraction of sp³-hybridized carbons (Fsp3) is 0. The monoisotopic (exact) mass is 173 g/mol. The molecule has 0 saturated carbocycles. The Labute approximate surface area is 73.4 Å². The molecule has 34 valence electrons. The summed E-state index contributed by atoms with van der Waals surface area (Å²) in [5, 5.41) is 9.58. The molecule has 7 heavy (non-hydrogen) atoms. The Hall–Kier alpha value is 0.690. The van der Waals surface area contributed by atoms with Gasteiger partial charge in [0.15, 0.2) is 0 Å². The number of aliphatic carboxylic acids is 1. The molecule has 0 N–H and O–H groups in total. The van der Waals surface area contributed by atoms with Gasteiger partial charge in [0.25, 0.3) is 0 Å². The van der Waals surface area contributed by atoms with E-state index in [1.165, 1.54) is 0 Å². The number of rotatable bonds is 1. The third-order valence-electron chi connectivity index (χ3n) is 0.195. The van der Waals surface area contributed by atoms with Gasteiger partial charge in [-0.2, -0.15) is 0 Å². The van der Waals surface area contributed by atoms with Crippen LogP contribution in [0.15, 0.2) is 11.0 Å². The Balaban J connectivity index is 0. The molecule has 0 saturated heterocycles. The second-order valence-electron chi connectivity index (χ2n) is 0.635. The molecule has 0 aliphatic carbocycles. The number of carboxylic acids is 1. The van der Waals surface area contributed by atoms with E-state index < -0.39 is 5.97 Å². The maximum atomic E-state index is 9.58. The zero-order valence-corrected chi connectivity index (χ0v) is 7.36. The fourth-order valence-corrected chi connectivity index (χ4v) is 0. The first-order chi connectivity index (χ1) is 3.18. The van der Waals surface area contributed by atoms with Crippen LogP contribution in [-0.4, -0.2) is 5.97 Å². The van der Waals surface area contributed by atoms with E-state index in [9.17, 15) is 9.90 Å². The van der Waals surface area contributed by atoms with Gasteiger partial charge in [0.2, 0.25) is 0 Å². The average molecular weight is 174 g/mol. The second kappa shape index (κ2) is 4.84. The minimum atomic E-state index is -1.37. The molecule has 0 spiro atoms. The van der Waals surface area contributed by atoms with E-state index in [2.05, 4.69) is 15.9 Å². The van der Waals surface area contributed by atoms with Gasteiger partial charge in [-0.25, -0.2) is 0 Å². The van der Waals surface area contributed by atoms with Crippen molar-refractivity contribution in [3.63, 3.8) is 0 Å². The van der Waals surface area contributed by atoms with Crippen molar-refractivity contribution in [1.82, 2.24) is 0 Å². The van der Waals surface area contributed by atoms with Crippen molar-refractivity contribution in [2.75, 3.05) is 0 Å². The summed E-state index contributed by atoms with van der Waals surface area (Å²) in [5.74, 6) is -1.37. The van der Waals surface area contributed by atoms with Crippen molar-refractivity contribution in [2.24, 2.45) is 0 Å². The standard InChI is InChI=1S/C3H3BrO2.Na/c1-2(4)3(5)6;/h1H2,(H,5,6);/q;+1/p-1/i1D;. The van der Waals surface area contributed by atoms with Crippen LogP contribution in [0.1, 0.15) is 1.37 Å². The number of hydrogen-bond acceptors (Lipinski definition) is 2. The van der Waals surface area contributed by atoms with E-state index in [0.717, 1.165) is 0 Å². The largest absolute Gasteiger partial charge is 1.00 e. The summed E-state index contributed by atoms with van der Waals surface area (Å²) in [7, 11) is 0. The summed E-state index contributed by atoms with van der Waals surface area (Å²) in [5.41, 5.74) is 0. The van der Waals surface area contributed by atoms with Crippen LogP contribution in [0.3, 0.4) is 0 Å². The maximum Gasteiger partial charge on any atom is 1.00 e. The third-order valence-corrected chi connectivity index (χ3v) is 0.519. The van der Waals surface area contributed by atoms with Crippen molar-refractivity contribution in [1.29, 1.82) is 0 Å². The van der Waals surface area contributed by atoms with Crippen LogP contribution in [-0.2, 0) is 4.79 Å². The fourth-order valence-electron chi connectivity index (χ4n) is 0. The smallest absolute Gasteiger partial charge is 0.544 e. The molecule has 0 aromatic rings. The van der Waals surface area contributed by atoms with Crippen LogP contribution in [0.4, 0.5) is 0 Å². The van der Waals surface area contributed by atoms with E-state index in [1.807, 2.05) is 0 Å². The second-order valence-corrected chi connectivity index (χ2v) is 1.49. The van der Waals surface area contributed by atoms with E-state index in [1.54, 1.807) is 0 Å². The van der Waals surface area contributed by atoms with Crippen molar-refractivity contribution in [3.8, 4) is 0 Å². The van der Waals surface area contributed by atoms with Gasteiger partial charge in [0.05, 0.1) is 7.34 Å². The SMILES string of the molecule is [2H]C=C(Br)C(=O)[O-].[Na+]. The molecule has 0 aromatic heterocycles. The topological polar surface area (TPSA) is 40.1 Å². The molecule has 0 radical (unpaired) electrons. The number of carbonyl (C=O) groups excluding carboxylic acids is 1. The third kappa shape index (κ3) is 6.69. The van der Waals surface area contributed by atoms with Gasteiger partial charge >= 0.3 is 29.6 Å². The molecular formula is C3H2BrNaO2. The summed E-state index contributed by atoms with van der Waals surface area (Å²) in [6.45, 7) is 0.662. The zero-order chi connectivity index (χ0) is 5.86. The molecule has 0 aliphatic rings. The van der Waals surface area contributed by atoms with Crippen molar-refractivity contribution in [3.05, 3.63) is 11.0 Å². The first kappa shape index (κ1) is 7.69. The molecule has 0 heterocycles. The van der Waals surface area contributed by atoms with Gasteiger partial charge in [0, 0.05) is 4.48 Å². The van der Waals surface area contributed by atoms with Gasteiger partial charge in [-0.3, -0.25) is 0 Å². The molecule has 0 rings (SSSR count). The van der Waals surface area contributed by atoms with E-state index in [4.69, 9.17) is 1.37 Å². The summed E-state index contributed by atoms with van der Waals surface area (Å²) in [4.78, 5) is 9.58. The molecule has 0 aliphatic heterocycles. The summed E-state index contributed by atoms with van der Waals surface area (Å²) in [6, 6.07) is 0. The molecule has 0 fully saturated rings. The predicted molar refractivity (Wildman–Crippen MR) is 23.1 cm³/mol. The summed E-state index contributed by atoms with van der Waals surface area (Å²) < 4.78 is 6.07. The minimum absolute atomic E-state index is 0. The number of carbonyl (C=O) groups is 1. The van der Waals surface area contributed by atoms with Gasteiger partial charge in [-0.15, -0.1) is 0 Å². The zero-order valence-electron chi connectivity index (χ0n) is 4.77. The van der Waals surface area contributed by atoms with E-state index >= 15 is 0 Å². The van der Waals surface area contributed by atoms with Crippen LogP contribution < -0.4 is 34.7 Å². The Morgan fingerprint density at radius 3 is 2.43 bits per heavy atom. The minimum Gasteiger partial charge on any atom is -0.544 e. The van der Waals surface area contributed by atoms with Crippen LogP contribution in [0.5, 0.6) is 0 Å².